The van der Waals surface area contributed by atoms with Crippen LogP contribution in [-0.4, -0.2) is 15.9 Å². The van der Waals surface area contributed by atoms with Gasteiger partial charge in [-0.1, -0.05) is 39.0 Å². The van der Waals surface area contributed by atoms with Crippen LogP contribution in [0.5, 0.6) is 11.5 Å². The Kier molecular flexibility index (Phi) is 6.67. The molecule has 1 aliphatic rings. The number of carbonyl (C=O) groups excluding carboxylic acids is 1. The largest absolute Gasteiger partial charge is 0.457 e. The number of rotatable bonds is 6. The van der Waals surface area contributed by atoms with Crippen molar-refractivity contribution in [1.82, 2.24) is 9.97 Å². The Morgan fingerprint density at radius 1 is 1.11 bits per heavy atom. The van der Waals surface area contributed by atoms with Gasteiger partial charge in [-0.15, -0.1) is 11.3 Å². The number of anilines is 1. The standard InChI is InChI=1S/C29H31N3O3S/c1-29(2,3)18-9-14-22-23(17-18)36-28-26(22)27(34)31-24(32-28)15-16-25(33)30-19-10-12-21(13-11-19)35-20-7-5-4-6-8-20/h4-8,10-13,18H,9,14-17H2,1-3H3,(H,30,33)(H,31,32,34)/t18-/m0/s1. The number of H-pyrrole nitrogens is 1. The SMILES string of the molecule is CC(C)(C)[C@H]1CCc2c(sc3nc(CCC(=O)Nc4ccc(Oc5ccccc5)cc4)[nH]c(=O)c23)C1. The predicted octanol–water partition coefficient (Wildman–Crippen LogP) is 6.50. The number of aromatic amines is 1. The van der Waals surface area contributed by atoms with E-state index in [1.165, 1.54) is 10.4 Å². The highest BCUT2D eigenvalue weighted by molar-refractivity contribution is 7.18. The van der Waals surface area contributed by atoms with Crippen molar-refractivity contribution in [2.24, 2.45) is 11.3 Å². The Balaban J connectivity index is 1.21. The number of ether oxygens (including phenoxy) is 1. The molecule has 186 valence electrons. The summed E-state index contributed by atoms with van der Waals surface area (Å²) < 4.78 is 5.79. The van der Waals surface area contributed by atoms with Crippen molar-refractivity contribution in [2.45, 2.75) is 52.9 Å². The third kappa shape index (κ3) is 5.36. The molecule has 0 saturated carbocycles. The molecule has 0 bridgehead atoms. The van der Waals surface area contributed by atoms with Crippen LogP contribution in [0.2, 0.25) is 0 Å². The Hall–Kier alpha value is -3.45. The van der Waals surface area contributed by atoms with Crippen LogP contribution in [0.25, 0.3) is 10.2 Å². The van der Waals surface area contributed by atoms with Crippen LogP contribution in [0, 0.1) is 11.3 Å². The first kappa shape index (κ1) is 24.3. The molecule has 2 aromatic heterocycles. The third-order valence-electron chi connectivity index (χ3n) is 6.90. The Bertz CT molecular complexity index is 1430. The molecule has 2 aromatic carbocycles. The number of benzene rings is 2. The summed E-state index contributed by atoms with van der Waals surface area (Å²) in [4.78, 5) is 35.2. The maximum absolute atomic E-state index is 12.9. The van der Waals surface area contributed by atoms with Gasteiger partial charge in [-0.2, -0.15) is 0 Å². The van der Waals surface area contributed by atoms with Crippen molar-refractivity contribution < 1.29 is 9.53 Å². The zero-order chi connectivity index (χ0) is 25.3. The summed E-state index contributed by atoms with van der Waals surface area (Å²) in [7, 11) is 0. The number of nitrogens with zero attached hydrogens (tertiary/aromatic N) is 1. The molecule has 5 rings (SSSR count). The van der Waals surface area contributed by atoms with Gasteiger partial charge < -0.3 is 15.0 Å². The number of hydrogen-bond donors (Lipinski definition) is 2. The van der Waals surface area contributed by atoms with Gasteiger partial charge in [0.25, 0.3) is 5.56 Å². The minimum atomic E-state index is -0.132. The van der Waals surface area contributed by atoms with Gasteiger partial charge in [0, 0.05) is 23.4 Å². The molecule has 0 radical (unpaired) electrons. The van der Waals surface area contributed by atoms with Crippen LogP contribution < -0.4 is 15.6 Å². The molecule has 7 heteroatoms. The molecule has 0 fully saturated rings. The van der Waals surface area contributed by atoms with E-state index < -0.39 is 0 Å². The molecule has 6 nitrogen and oxygen atoms in total. The first-order chi connectivity index (χ1) is 17.3. The highest BCUT2D eigenvalue weighted by Gasteiger charge is 2.31. The Labute approximate surface area is 214 Å². The number of thiophene rings is 1. The second-order valence-electron chi connectivity index (χ2n) is 10.5. The third-order valence-corrected chi connectivity index (χ3v) is 8.05. The predicted molar refractivity (Wildman–Crippen MR) is 145 cm³/mol. The van der Waals surface area contributed by atoms with Gasteiger partial charge >= 0.3 is 0 Å². The lowest BCUT2D eigenvalue weighted by Gasteiger charge is -2.33. The summed E-state index contributed by atoms with van der Waals surface area (Å²) in [5, 5.41) is 3.65. The van der Waals surface area contributed by atoms with Crippen molar-refractivity contribution in [3.05, 3.63) is 81.2 Å². The minimum absolute atomic E-state index is 0.0869. The second kappa shape index (κ2) is 9.90. The molecule has 0 unspecified atom stereocenters. The number of amides is 1. The zero-order valence-electron chi connectivity index (χ0n) is 20.9. The molecular formula is C29H31N3O3S. The minimum Gasteiger partial charge on any atom is -0.457 e. The van der Waals surface area contributed by atoms with E-state index in [9.17, 15) is 9.59 Å². The molecule has 0 aliphatic heterocycles. The number of carbonyl (C=O) groups is 1. The van der Waals surface area contributed by atoms with E-state index in [4.69, 9.17) is 9.72 Å². The summed E-state index contributed by atoms with van der Waals surface area (Å²) in [5.74, 6) is 2.49. The second-order valence-corrected chi connectivity index (χ2v) is 11.6. The molecule has 1 aliphatic carbocycles. The first-order valence-corrected chi connectivity index (χ1v) is 13.2. The van der Waals surface area contributed by atoms with E-state index in [1.54, 1.807) is 11.3 Å². The molecule has 0 saturated heterocycles. The summed E-state index contributed by atoms with van der Waals surface area (Å²) >= 11 is 1.64. The van der Waals surface area contributed by atoms with Gasteiger partial charge in [0.2, 0.25) is 5.91 Å². The summed E-state index contributed by atoms with van der Waals surface area (Å²) in [6.07, 6.45) is 3.64. The fourth-order valence-corrected chi connectivity index (χ4v) is 6.09. The van der Waals surface area contributed by atoms with E-state index in [1.807, 2.05) is 54.6 Å². The van der Waals surface area contributed by atoms with Crippen LogP contribution in [0.1, 0.15) is 49.9 Å². The molecule has 36 heavy (non-hydrogen) atoms. The number of fused-ring (bicyclic) bond motifs is 3. The van der Waals surface area contributed by atoms with Crippen LogP contribution in [0.4, 0.5) is 5.69 Å². The van der Waals surface area contributed by atoms with Crippen molar-refractivity contribution in [3.63, 3.8) is 0 Å². The van der Waals surface area contributed by atoms with Gasteiger partial charge in [-0.3, -0.25) is 9.59 Å². The molecular weight excluding hydrogens is 470 g/mol. The maximum atomic E-state index is 12.9. The van der Waals surface area contributed by atoms with Crippen LogP contribution in [-0.2, 0) is 24.1 Å². The monoisotopic (exact) mass is 501 g/mol. The normalized spacial score (nSPS) is 15.5. The molecule has 0 spiro atoms. The lowest BCUT2D eigenvalue weighted by atomic mass is 9.72. The van der Waals surface area contributed by atoms with Gasteiger partial charge in [0.15, 0.2) is 0 Å². The van der Waals surface area contributed by atoms with Crippen LogP contribution in [0.15, 0.2) is 59.4 Å². The van der Waals surface area contributed by atoms with Gasteiger partial charge in [0.05, 0.1) is 5.39 Å². The quantitative estimate of drug-likeness (QED) is 0.316. The van der Waals surface area contributed by atoms with Gasteiger partial charge in [-0.05, 0) is 72.6 Å². The Morgan fingerprint density at radius 2 is 1.83 bits per heavy atom. The van der Waals surface area contributed by atoms with Crippen molar-refractivity contribution in [2.75, 3.05) is 5.32 Å². The van der Waals surface area contributed by atoms with Gasteiger partial charge in [-0.25, -0.2) is 4.98 Å². The van der Waals surface area contributed by atoms with Crippen LogP contribution in [0.3, 0.4) is 0 Å². The maximum Gasteiger partial charge on any atom is 0.259 e. The molecule has 2 heterocycles. The lowest BCUT2D eigenvalue weighted by molar-refractivity contribution is -0.116. The number of nitrogens with one attached hydrogen (secondary N) is 2. The van der Waals surface area contributed by atoms with E-state index in [2.05, 4.69) is 31.1 Å². The topological polar surface area (TPSA) is 84.1 Å². The van der Waals surface area contributed by atoms with Crippen molar-refractivity contribution >= 4 is 33.1 Å². The smallest absolute Gasteiger partial charge is 0.259 e. The van der Waals surface area contributed by atoms with E-state index in [-0.39, 0.29) is 23.3 Å². The van der Waals surface area contributed by atoms with E-state index in [0.29, 0.717) is 29.6 Å². The van der Waals surface area contributed by atoms with Crippen molar-refractivity contribution in [3.8, 4) is 11.5 Å². The fourth-order valence-electron chi connectivity index (χ4n) is 4.77. The highest BCUT2D eigenvalue weighted by Crippen LogP contribution is 2.42. The number of aryl methyl sites for hydroxylation is 2. The Morgan fingerprint density at radius 3 is 2.56 bits per heavy atom. The summed E-state index contributed by atoms with van der Waals surface area (Å²) in [6, 6.07) is 16.8. The number of para-hydroxylation sites is 1. The molecule has 2 N–H and O–H groups in total. The summed E-state index contributed by atoms with van der Waals surface area (Å²) in [6.45, 7) is 6.87. The zero-order valence-corrected chi connectivity index (χ0v) is 21.7. The van der Waals surface area contributed by atoms with Gasteiger partial charge in [0.1, 0.15) is 22.2 Å². The lowest BCUT2D eigenvalue weighted by Crippen LogP contribution is -2.26. The number of aromatic nitrogens is 2. The first-order valence-electron chi connectivity index (χ1n) is 12.4. The van der Waals surface area contributed by atoms with E-state index >= 15 is 0 Å². The van der Waals surface area contributed by atoms with E-state index in [0.717, 1.165) is 35.2 Å². The number of hydrogen-bond acceptors (Lipinski definition) is 5. The molecule has 1 amide bonds. The summed E-state index contributed by atoms with van der Waals surface area (Å²) in [5.41, 5.74) is 2.03. The van der Waals surface area contributed by atoms with Crippen molar-refractivity contribution in [1.29, 1.82) is 0 Å². The molecule has 4 aromatic rings. The average Bonchev–Trinajstić information content (AvgIpc) is 3.22. The highest BCUT2D eigenvalue weighted by atomic mass is 32.1. The van der Waals surface area contributed by atoms with Crippen LogP contribution >= 0.6 is 11.3 Å². The average molecular weight is 502 g/mol. The fraction of sp³-hybridized carbons (Fsp3) is 0.345. The molecule has 1 atom stereocenters.